The molecule has 0 N–H and O–H groups in total. The van der Waals surface area contributed by atoms with Gasteiger partial charge in [0.1, 0.15) is 0 Å². The fraction of sp³-hybridized carbons (Fsp3) is 0.429. The first-order valence-corrected chi connectivity index (χ1v) is 7.17. The van der Waals surface area contributed by atoms with Crippen molar-refractivity contribution in [2.75, 3.05) is 26.9 Å². The first-order valence-electron chi connectivity index (χ1n) is 6.42. The van der Waals surface area contributed by atoms with Gasteiger partial charge in [0.25, 0.3) is 0 Å². The smallest absolute Gasteiger partial charge is 0.331 e. The number of ether oxygens (including phenoxy) is 2. The number of halogens is 2. The van der Waals surface area contributed by atoms with Crippen LogP contribution in [0.1, 0.15) is 5.56 Å². The summed E-state index contributed by atoms with van der Waals surface area (Å²) >= 11 is 11.9. The lowest BCUT2D eigenvalue weighted by atomic mass is 10.1. The van der Waals surface area contributed by atoms with E-state index in [2.05, 4.69) is 0 Å². The Morgan fingerprint density at radius 3 is 2.86 bits per heavy atom. The van der Waals surface area contributed by atoms with E-state index in [0.717, 1.165) is 0 Å². The quantitative estimate of drug-likeness (QED) is 0.794. The Morgan fingerprint density at radius 2 is 2.19 bits per heavy atom. The van der Waals surface area contributed by atoms with Crippen molar-refractivity contribution < 1.29 is 19.1 Å². The molecule has 1 saturated heterocycles. The molecular formula is C14H15Cl2NO4. The standard InChI is InChI=1S/C14H15Cl2NO4/c1-20-14(19)12-8-21-5-4-17(12)13(18)6-9-2-3-10(15)7-11(9)16/h2-3,7,12H,4-6,8H2,1H3. The fourth-order valence-electron chi connectivity index (χ4n) is 2.16. The van der Waals surface area contributed by atoms with Crippen LogP contribution in [0.15, 0.2) is 18.2 Å². The van der Waals surface area contributed by atoms with Crippen molar-refractivity contribution in [3.63, 3.8) is 0 Å². The van der Waals surface area contributed by atoms with Crippen LogP contribution >= 0.6 is 23.2 Å². The van der Waals surface area contributed by atoms with E-state index in [0.29, 0.717) is 28.8 Å². The Bertz CT molecular complexity index is 550. The number of carbonyl (C=O) groups is 2. The average Bonchev–Trinajstić information content (AvgIpc) is 2.49. The van der Waals surface area contributed by atoms with Crippen molar-refractivity contribution in [3.8, 4) is 0 Å². The summed E-state index contributed by atoms with van der Waals surface area (Å²) in [7, 11) is 1.29. The van der Waals surface area contributed by atoms with E-state index < -0.39 is 12.0 Å². The number of hydrogen-bond donors (Lipinski definition) is 0. The van der Waals surface area contributed by atoms with Gasteiger partial charge in [-0.1, -0.05) is 29.3 Å². The van der Waals surface area contributed by atoms with E-state index in [-0.39, 0.29) is 18.9 Å². The van der Waals surface area contributed by atoms with E-state index in [1.807, 2.05) is 0 Å². The Labute approximate surface area is 132 Å². The minimum absolute atomic E-state index is 0.101. The predicted molar refractivity (Wildman–Crippen MR) is 78.5 cm³/mol. The maximum Gasteiger partial charge on any atom is 0.331 e. The van der Waals surface area contributed by atoms with Crippen LogP contribution in [0.2, 0.25) is 10.0 Å². The summed E-state index contributed by atoms with van der Waals surface area (Å²) in [6, 6.07) is 4.26. The van der Waals surface area contributed by atoms with Gasteiger partial charge >= 0.3 is 5.97 Å². The van der Waals surface area contributed by atoms with E-state index in [4.69, 9.17) is 32.7 Å². The Hall–Kier alpha value is -1.30. The molecule has 7 heteroatoms. The minimum Gasteiger partial charge on any atom is -0.467 e. The van der Waals surface area contributed by atoms with Crippen molar-refractivity contribution in [3.05, 3.63) is 33.8 Å². The van der Waals surface area contributed by atoms with Gasteiger partial charge in [0.05, 0.1) is 26.7 Å². The molecule has 0 aromatic heterocycles. The number of morpholine rings is 1. The highest BCUT2D eigenvalue weighted by Crippen LogP contribution is 2.22. The summed E-state index contributed by atoms with van der Waals surface area (Å²) in [6.45, 7) is 0.893. The molecule has 1 aromatic carbocycles. The average molecular weight is 332 g/mol. The lowest BCUT2D eigenvalue weighted by molar-refractivity contribution is -0.160. The van der Waals surface area contributed by atoms with Crippen molar-refractivity contribution in [2.45, 2.75) is 12.5 Å². The molecule has 5 nitrogen and oxygen atoms in total. The monoisotopic (exact) mass is 331 g/mol. The van der Waals surface area contributed by atoms with E-state index in [1.54, 1.807) is 18.2 Å². The van der Waals surface area contributed by atoms with E-state index in [9.17, 15) is 9.59 Å². The van der Waals surface area contributed by atoms with Crippen LogP contribution in [-0.4, -0.2) is 49.7 Å². The molecule has 21 heavy (non-hydrogen) atoms. The zero-order valence-corrected chi connectivity index (χ0v) is 13.0. The number of hydrogen-bond acceptors (Lipinski definition) is 4. The molecule has 1 aliphatic rings. The first-order chi connectivity index (χ1) is 10.0. The molecule has 114 valence electrons. The van der Waals surface area contributed by atoms with Gasteiger partial charge in [-0.2, -0.15) is 0 Å². The summed E-state index contributed by atoms with van der Waals surface area (Å²) in [5.41, 5.74) is 0.668. The Morgan fingerprint density at radius 1 is 1.43 bits per heavy atom. The van der Waals surface area contributed by atoms with Gasteiger partial charge in [-0.25, -0.2) is 4.79 Å². The lowest BCUT2D eigenvalue weighted by Gasteiger charge is -2.33. The third-order valence-electron chi connectivity index (χ3n) is 3.28. The molecule has 0 saturated carbocycles. The molecule has 1 heterocycles. The number of carbonyl (C=O) groups excluding carboxylic acids is 2. The highest BCUT2D eigenvalue weighted by molar-refractivity contribution is 6.35. The maximum absolute atomic E-state index is 12.4. The second kappa shape index (κ2) is 7.11. The second-order valence-electron chi connectivity index (χ2n) is 4.61. The van der Waals surface area contributed by atoms with Crippen LogP contribution in [0.3, 0.4) is 0 Å². The van der Waals surface area contributed by atoms with Crippen molar-refractivity contribution in [1.29, 1.82) is 0 Å². The van der Waals surface area contributed by atoms with Gasteiger partial charge in [-0.15, -0.1) is 0 Å². The molecule has 1 aliphatic heterocycles. The molecule has 1 atom stereocenters. The molecule has 1 amide bonds. The molecule has 0 radical (unpaired) electrons. The Balaban J connectivity index is 2.12. The van der Waals surface area contributed by atoms with Gasteiger partial charge in [0.2, 0.25) is 5.91 Å². The molecular weight excluding hydrogens is 317 g/mol. The number of benzene rings is 1. The molecule has 0 aliphatic carbocycles. The van der Waals surface area contributed by atoms with E-state index >= 15 is 0 Å². The van der Waals surface area contributed by atoms with Gasteiger partial charge in [0, 0.05) is 16.6 Å². The molecule has 0 spiro atoms. The van der Waals surface area contributed by atoms with Crippen LogP contribution in [0.4, 0.5) is 0 Å². The number of rotatable bonds is 3. The van der Waals surface area contributed by atoms with Crippen molar-refractivity contribution in [1.82, 2.24) is 4.90 Å². The maximum atomic E-state index is 12.4. The van der Waals surface area contributed by atoms with Crippen molar-refractivity contribution in [2.24, 2.45) is 0 Å². The molecule has 1 unspecified atom stereocenters. The van der Waals surface area contributed by atoms with Crippen LogP contribution in [0.5, 0.6) is 0 Å². The highest BCUT2D eigenvalue weighted by Gasteiger charge is 2.33. The normalized spacial score (nSPS) is 18.4. The molecule has 0 bridgehead atoms. The summed E-state index contributed by atoms with van der Waals surface area (Å²) in [6.07, 6.45) is 0.101. The predicted octanol–water partition coefficient (Wildman–Crippen LogP) is 1.94. The van der Waals surface area contributed by atoms with Gasteiger partial charge in [-0.05, 0) is 17.7 Å². The zero-order valence-electron chi connectivity index (χ0n) is 11.5. The SMILES string of the molecule is COC(=O)C1COCCN1C(=O)Cc1ccc(Cl)cc1Cl. The van der Waals surface area contributed by atoms with Crippen LogP contribution in [0.25, 0.3) is 0 Å². The fourth-order valence-corrected chi connectivity index (χ4v) is 2.64. The second-order valence-corrected chi connectivity index (χ2v) is 5.46. The van der Waals surface area contributed by atoms with Crippen molar-refractivity contribution >= 4 is 35.1 Å². The largest absolute Gasteiger partial charge is 0.467 e. The lowest BCUT2D eigenvalue weighted by Crippen LogP contribution is -2.53. The zero-order chi connectivity index (χ0) is 15.4. The molecule has 1 fully saturated rings. The number of amides is 1. The number of methoxy groups -OCH3 is 1. The third kappa shape index (κ3) is 3.87. The highest BCUT2D eigenvalue weighted by atomic mass is 35.5. The Kier molecular flexibility index (Phi) is 5.45. The molecule has 2 rings (SSSR count). The summed E-state index contributed by atoms with van der Waals surface area (Å²) in [5, 5.41) is 0.939. The third-order valence-corrected chi connectivity index (χ3v) is 3.87. The summed E-state index contributed by atoms with van der Waals surface area (Å²) < 4.78 is 9.94. The topological polar surface area (TPSA) is 55.8 Å². The van der Waals surface area contributed by atoms with Crippen LogP contribution < -0.4 is 0 Å². The first kappa shape index (κ1) is 16.1. The van der Waals surface area contributed by atoms with Crippen LogP contribution in [-0.2, 0) is 25.5 Å². The minimum atomic E-state index is -0.706. The molecule has 1 aromatic rings. The number of esters is 1. The van der Waals surface area contributed by atoms with E-state index in [1.165, 1.54) is 12.0 Å². The summed E-state index contributed by atoms with van der Waals surface area (Å²) in [4.78, 5) is 25.6. The van der Waals surface area contributed by atoms with Gasteiger partial charge < -0.3 is 14.4 Å². The van der Waals surface area contributed by atoms with Gasteiger partial charge in [0.15, 0.2) is 6.04 Å². The van der Waals surface area contributed by atoms with Gasteiger partial charge in [-0.3, -0.25) is 4.79 Å². The van der Waals surface area contributed by atoms with Crippen LogP contribution in [0, 0.1) is 0 Å². The summed E-state index contributed by atoms with van der Waals surface area (Å²) in [5.74, 6) is -0.678. The number of nitrogens with zero attached hydrogens (tertiary/aromatic N) is 1.